The molecular weight excluding hydrogens is 302 g/mol. The minimum atomic E-state index is -0.628. The summed E-state index contributed by atoms with van der Waals surface area (Å²) in [6, 6.07) is 0. The molecule has 3 amide bonds. The number of carbonyl (C=O) groups excluding carboxylic acids is 3. The molecule has 0 aromatic heterocycles. The van der Waals surface area contributed by atoms with Crippen LogP contribution in [0.2, 0.25) is 0 Å². The Kier molecular flexibility index (Phi) is 7.80. The molecule has 0 aliphatic carbocycles. The fourth-order valence-electron chi connectivity index (χ4n) is 1.96. The van der Waals surface area contributed by atoms with Crippen molar-refractivity contribution in [2.24, 2.45) is 0 Å². The minimum Gasteiger partial charge on any atom is -0.444 e. The molecule has 1 aliphatic heterocycles. The van der Waals surface area contributed by atoms with Gasteiger partial charge in [0.05, 0.1) is 6.54 Å². The summed E-state index contributed by atoms with van der Waals surface area (Å²) < 4.78 is 10.3. The molecule has 1 saturated heterocycles. The molecule has 3 N–H and O–H groups in total. The molecule has 23 heavy (non-hydrogen) atoms. The monoisotopic (exact) mass is 329 g/mol. The number of carbonyl (C=O) groups is 3. The van der Waals surface area contributed by atoms with E-state index in [4.69, 9.17) is 9.47 Å². The molecule has 132 valence electrons. The Bertz CT molecular complexity index is 414. The number of amides is 3. The van der Waals surface area contributed by atoms with Crippen LogP contribution in [0.3, 0.4) is 0 Å². The summed E-state index contributed by atoms with van der Waals surface area (Å²) in [6.45, 7) is 6.63. The number of hydrogen-bond donors (Lipinski definition) is 3. The van der Waals surface area contributed by atoms with Gasteiger partial charge in [0, 0.05) is 19.7 Å². The SMILES string of the molecule is CC(C)(C)OC(=O)NCC(=O)NCCCNC(=O)C1CCCO1. The van der Waals surface area contributed by atoms with E-state index in [1.54, 1.807) is 20.8 Å². The van der Waals surface area contributed by atoms with Gasteiger partial charge >= 0.3 is 6.09 Å². The first-order valence-corrected chi connectivity index (χ1v) is 7.91. The molecule has 8 heteroatoms. The summed E-state index contributed by atoms with van der Waals surface area (Å²) in [5, 5.41) is 7.80. The van der Waals surface area contributed by atoms with Crippen LogP contribution in [0.25, 0.3) is 0 Å². The fraction of sp³-hybridized carbons (Fsp3) is 0.800. The van der Waals surface area contributed by atoms with E-state index < -0.39 is 11.7 Å². The third kappa shape index (κ3) is 9.02. The smallest absolute Gasteiger partial charge is 0.408 e. The van der Waals surface area contributed by atoms with Crippen LogP contribution in [0, 0.1) is 0 Å². The average Bonchev–Trinajstić information content (AvgIpc) is 2.97. The van der Waals surface area contributed by atoms with Crippen LogP contribution < -0.4 is 16.0 Å². The lowest BCUT2D eigenvalue weighted by Crippen LogP contribution is -2.40. The first-order chi connectivity index (χ1) is 10.8. The minimum absolute atomic E-state index is 0.0968. The van der Waals surface area contributed by atoms with Crippen molar-refractivity contribution >= 4 is 17.9 Å². The van der Waals surface area contributed by atoms with Crippen LogP contribution in [0.15, 0.2) is 0 Å². The van der Waals surface area contributed by atoms with Crippen molar-refractivity contribution in [3.8, 4) is 0 Å². The topological polar surface area (TPSA) is 106 Å². The fourth-order valence-corrected chi connectivity index (χ4v) is 1.96. The summed E-state index contributed by atoms with van der Waals surface area (Å²) in [5.74, 6) is -0.401. The molecule has 8 nitrogen and oxygen atoms in total. The normalized spacial score (nSPS) is 17.4. The van der Waals surface area contributed by atoms with E-state index in [-0.39, 0.29) is 24.5 Å². The number of nitrogens with one attached hydrogen (secondary N) is 3. The van der Waals surface area contributed by atoms with Crippen LogP contribution in [0.1, 0.15) is 40.0 Å². The van der Waals surface area contributed by atoms with E-state index in [0.29, 0.717) is 26.1 Å². The number of alkyl carbamates (subject to hydrolysis) is 1. The van der Waals surface area contributed by atoms with Crippen molar-refractivity contribution in [3.05, 3.63) is 0 Å². The predicted molar refractivity (Wildman–Crippen MR) is 83.8 cm³/mol. The molecule has 1 fully saturated rings. The zero-order valence-corrected chi connectivity index (χ0v) is 14.1. The standard InChI is InChI=1S/C15H27N3O5/c1-15(2,3)23-14(21)18-10-12(19)16-7-5-8-17-13(20)11-6-4-9-22-11/h11H,4-10H2,1-3H3,(H,16,19)(H,17,20)(H,18,21). The number of rotatable bonds is 7. The van der Waals surface area contributed by atoms with Crippen molar-refractivity contribution in [2.75, 3.05) is 26.2 Å². The van der Waals surface area contributed by atoms with Crippen molar-refractivity contribution < 1.29 is 23.9 Å². The maximum atomic E-state index is 11.6. The number of hydrogen-bond acceptors (Lipinski definition) is 5. The molecule has 0 aromatic carbocycles. The van der Waals surface area contributed by atoms with Gasteiger partial charge in [-0.3, -0.25) is 9.59 Å². The zero-order chi connectivity index (χ0) is 17.3. The van der Waals surface area contributed by atoms with Gasteiger partial charge in [0.25, 0.3) is 0 Å². The van der Waals surface area contributed by atoms with Gasteiger partial charge in [0.1, 0.15) is 11.7 Å². The van der Waals surface area contributed by atoms with Gasteiger partial charge in [-0.1, -0.05) is 0 Å². The highest BCUT2D eigenvalue weighted by Gasteiger charge is 2.22. The van der Waals surface area contributed by atoms with Gasteiger partial charge in [-0.25, -0.2) is 4.79 Å². The second-order valence-electron chi connectivity index (χ2n) is 6.35. The van der Waals surface area contributed by atoms with Crippen LogP contribution >= 0.6 is 0 Å². The highest BCUT2D eigenvalue weighted by molar-refractivity contribution is 5.82. The lowest BCUT2D eigenvalue weighted by atomic mass is 10.2. The molecule has 1 unspecified atom stereocenters. The Morgan fingerprint density at radius 1 is 1.13 bits per heavy atom. The Hall–Kier alpha value is -1.83. The van der Waals surface area contributed by atoms with Crippen molar-refractivity contribution in [1.29, 1.82) is 0 Å². The Morgan fingerprint density at radius 3 is 2.43 bits per heavy atom. The van der Waals surface area contributed by atoms with Crippen LogP contribution in [-0.4, -0.2) is 55.9 Å². The third-order valence-electron chi connectivity index (χ3n) is 2.99. The lowest BCUT2D eigenvalue weighted by Gasteiger charge is -2.19. The molecule has 1 atom stereocenters. The van der Waals surface area contributed by atoms with E-state index in [2.05, 4.69) is 16.0 Å². The first-order valence-electron chi connectivity index (χ1n) is 7.91. The maximum Gasteiger partial charge on any atom is 0.408 e. The summed E-state index contributed by atoms with van der Waals surface area (Å²) in [7, 11) is 0. The Labute approximate surface area is 136 Å². The predicted octanol–water partition coefficient (Wildman–Crippen LogP) is 0.313. The van der Waals surface area contributed by atoms with Gasteiger partial charge in [-0.05, 0) is 40.0 Å². The maximum absolute atomic E-state index is 11.6. The molecule has 1 rings (SSSR count). The number of ether oxygens (including phenoxy) is 2. The van der Waals surface area contributed by atoms with Gasteiger partial charge < -0.3 is 25.4 Å². The molecule has 0 spiro atoms. The Balaban J connectivity index is 2.01. The van der Waals surface area contributed by atoms with Crippen LogP contribution in [0.4, 0.5) is 4.79 Å². The molecule has 1 heterocycles. The molecular formula is C15H27N3O5. The van der Waals surface area contributed by atoms with Crippen LogP contribution in [-0.2, 0) is 19.1 Å². The third-order valence-corrected chi connectivity index (χ3v) is 2.99. The van der Waals surface area contributed by atoms with E-state index in [9.17, 15) is 14.4 Å². The van der Waals surface area contributed by atoms with E-state index in [1.165, 1.54) is 0 Å². The zero-order valence-electron chi connectivity index (χ0n) is 14.1. The van der Waals surface area contributed by atoms with Gasteiger partial charge in [-0.15, -0.1) is 0 Å². The van der Waals surface area contributed by atoms with Gasteiger partial charge in [0.2, 0.25) is 11.8 Å². The van der Waals surface area contributed by atoms with E-state index >= 15 is 0 Å². The highest BCUT2D eigenvalue weighted by atomic mass is 16.6. The average molecular weight is 329 g/mol. The summed E-state index contributed by atoms with van der Waals surface area (Å²) in [4.78, 5) is 34.5. The van der Waals surface area contributed by atoms with Crippen LogP contribution in [0.5, 0.6) is 0 Å². The van der Waals surface area contributed by atoms with E-state index in [0.717, 1.165) is 12.8 Å². The molecule has 1 aliphatic rings. The van der Waals surface area contributed by atoms with Crippen molar-refractivity contribution in [2.45, 2.75) is 51.7 Å². The molecule has 0 radical (unpaired) electrons. The summed E-state index contributed by atoms with van der Waals surface area (Å²) >= 11 is 0. The van der Waals surface area contributed by atoms with Gasteiger partial charge in [0.15, 0.2) is 0 Å². The first kappa shape index (κ1) is 19.2. The van der Waals surface area contributed by atoms with E-state index in [1.807, 2.05) is 0 Å². The second kappa shape index (κ2) is 9.34. The quantitative estimate of drug-likeness (QED) is 0.583. The molecule has 0 aromatic rings. The lowest BCUT2D eigenvalue weighted by molar-refractivity contribution is -0.130. The van der Waals surface area contributed by atoms with Crippen molar-refractivity contribution in [1.82, 2.24) is 16.0 Å². The highest BCUT2D eigenvalue weighted by Crippen LogP contribution is 2.11. The largest absolute Gasteiger partial charge is 0.444 e. The van der Waals surface area contributed by atoms with Gasteiger partial charge in [-0.2, -0.15) is 0 Å². The summed E-state index contributed by atoms with van der Waals surface area (Å²) in [6.07, 6.45) is 1.33. The second-order valence-corrected chi connectivity index (χ2v) is 6.35. The van der Waals surface area contributed by atoms with Crippen molar-refractivity contribution in [3.63, 3.8) is 0 Å². The Morgan fingerprint density at radius 2 is 1.83 bits per heavy atom. The summed E-state index contributed by atoms with van der Waals surface area (Å²) in [5.41, 5.74) is -0.595. The molecule has 0 saturated carbocycles. The molecule has 0 bridgehead atoms.